The highest BCUT2D eigenvalue weighted by Gasteiger charge is 2.71. The number of aromatic nitrogens is 4. The van der Waals surface area contributed by atoms with Gasteiger partial charge < -0.3 is 91.3 Å². The number of ether oxygens (including phenoxy) is 5. The lowest BCUT2D eigenvalue weighted by molar-refractivity contribution is -0.371. The zero-order valence-corrected chi connectivity index (χ0v) is 49.9. The van der Waals surface area contributed by atoms with Gasteiger partial charge in [-0.3, -0.25) is 19.0 Å². The molecule has 27 nitrogen and oxygen atoms in total. The second-order valence-electron chi connectivity index (χ2n) is 27.1. The van der Waals surface area contributed by atoms with Crippen LogP contribution < -0.4 is 11.5 Å². The Hall–Kier alpha value is -4.53. The molecule has 0 amide bonds. The number of fused-ring (bicyclic) bond motifs is 8. The molecule has 15 N–H and O–H groups in total. The fourth-order valence-corrected chi connectivity index (χ4v) is 18.0. The molecule has 5 heterocycles. The summed E-state index contributed by atoms with van der Waals surface area (Å²) < 4.78 is 30.8. The number of hydrogen-bond acceptors (Lipinski definition) is 22. The molecule has 2 aromatic heterocycles. The van der Waals surface area contributed by atoms with Crippen molar-refractivity contribution in [2.45, 2.75) is 211 Å². The summed E-state index contributed by atoms with van der Waals surface area (Å²) in [5.41, 5.74) is 10.3. The van der Waals surface area contributed by atoms with Crippen molar-refractivity contribution >= 4 is 57.5 Å². The minimum Gasteiger partial charge on any atom is -0.481 e. The van der Waals surface area contributed by atoms with E-state index in [-0.39, 0.29) is 51.1 Å². The predicted octanol–water partition coefficient (Wildman–Crippen LogP) is 0.323. The molecule has 25 atom stereocenters. The largest absolute Gasteiger partial charge is 0.481 e. The van der Waals surface area contributed by atoms with Gasteiger partial charge in [0.25, 0.3) is 0 Å². The molecular formula is C57H85N6O21S+. The quantitative estimate of drug-likeness (QED) is 0.0895. The molecule has 28 heteroatoms. The number of carbonyl (C=O) groups excluding carboxylic acids is 1. The number of imidazole rings is 1. The summed E-state index contributed by atoms with van der Waals surface area (Å²) in [7, 11) is -0.235. The van der Waals surface area contributed by atoms with Gasteiger partial charge in [0.15, 0.2) is 48.3 Å². The SMILES string of the molecule is CC1(C)[C@@H](O[C@H]2O[C@H](C(=O)O)[C@@H](O)[C@H](O)[C@H]2O[C@@H]2O[C@H](C(=O)O)[C@@H](O)[C@H](O)[C@H]2O)CC[C@]2(C)[C@H]3C(=O)C=C4[C@@H]5C[C@@](C)(C(=O)O)CC[C@]5(C)CC[C@@]4(C)[C@]3(C)CC[C@@H]12.C[S+](CC[C@H](N)C(=O)O)C[C@H]1O[C@@H](n2cnc3c(N)ncnc32)[C@H](O)[C@@H]1O. The summed E-state index contributed by atoms with van der Waals surface area (Å²) in [4.78, 5) is 74.3. The van der Waals surface area contributed by atoms with Crippen molar-refractivity contribution in [2.24, 2.45) is 56.0 Å². The number of nitrogens with two attached hydrogens (primary N) is 2. The number of anilines is 1. The first-order chi connectivity index (χ1) is 39.6. The molecule has 0 radical (unpaired) electrons. The summed E-state index contributed by atoms with van der Waals surface area (Å²) in [5.74, 6) is -4.21. The van der Waals surface area contributed by atoms with Crippen LogP contribution in [0.2, 0.25) is 0 Å². The number of carboxylic acid groups (broad SMARTS) is 4. The van der Waals surface area contributed by atoms with Crippen molar-refractivity contribution in [1.29, 1.82) is 0 Å². The van der Waals surface area contributed by atoms with Crippen molar-refractivity contribution in [1.82, 2.24) is 19.5 Å². The van der Waals surface area contributed by atoms with Crippen molar-refractivity contribution in [3.05, 3.63) is 24.3 Å². The summed E-state index contributed by atoms with van der Waals surface area (Å²) in [6.07, 6.45) is -10.9. The molecule has 1 unspecified atom stereocenters. The maximum Gasteiger partial charge on any atom is 0.335 e. The van der Waals surface area contributed by atoms with Crippen LogP contribution in [0.25, 0.3) is 11.2 Å². The maximum atomic E-state index is 14.8. The number of rotatable bonds is 14. The number of carboxylic acids is 4. The average molecular weight is 1220 g/mol. The minimum atomic E-state index is -2.05. The Morgan fingerprint density at radius 2 is 1.39 bits per heavy atom. The number of nitrogen functional groups attached to an aromatic ring is 1. The molecule has 5 aliphatic carbocycles. The van der Waals surface area contributed by atoms with Gasteiger partial charge in [-0.1, -0.05) is 47.1 Å². The zero-order valence-electron chi connectivity index (χ0n) is 49.0. The first-order valence-corrected chi connectivity index (χ1v) is 31.0. The Labute approximate surface area is 493 Å². The molecule has 4 saturated carbocycles. The van der Waals surface area contributed by atoms with E-state index in [4.69, 9.17) is 40.3 Å². The maximum absolute atomic E-state index is 14.8. The molecule has 3 saturated heterocycles. The lowest BCUT2D eigenvalue weighted by Gasteiger charge is -2.70. The molecule has 0 spiro atoms. The Morgan fingerprint density at radius 3 is 2.02 bits per heavy atom. The van der Waals surface area contributed by atoms with E-state index in [1.165, 1.54) is 17.2 Å². The van der Waals surface area contributed by atoms with Crippen LogP contribution in [0.1, 0.15) is 119 Å². The second-order valence-corrected chi connectivity index (χ2v) is 29.4. The highest BCUT2D eigenvalue weighted by atomic mass is 32.2. The van der Waals surface area contributed by atoms with E-state index >= 15 is 0 Å². The lowest BCUT2D eigenvalue weighted by Crippen LogP contribution is -2.68. The van der Waals surface area contributed by atoms with Crippen LogP contribution in [0.15, 0.2) is 24.3 Å². The third-order valence-electron chi connectivity index (χ3n) is 21.8. The molecule has 474 valence electrons. The van der Waals surface area contributed by atoms with Crippen molar-refractivity contribution < 1.29 is 104 Å². The molecule has 0 bridgehead atoms. The Bertz CT molecular complexity index is 2920. The number of ketones is 1. The molecule has 7 fully saturated rings. The minimum absolute atomic E-state index is 0.0217. The average Bonchev–Trinajstić information content (AvgIpc) is 1.41. The summed E-state index contributed by atoms with van der Waals surface area (Å²) >= 11 is 0. The summed E-state index contributed by atoms with van der Waals surface area (Å²) in [5, 5.41) is 113. The van der Waals surface area contributed by atoms with E-state index in [1.54, 1.807) is 0 Å². The number of aliphatic carboxylic acids is 4. The zero-order chi connectivity index (χ0) is 62.6. The third kappa shape index (κ3) is 11.1. The Balaban J connectivity index is 0.000000267. The number of nitrogens with zero attached hydrogens (tertiary/aromatic N) is 4. The van der Waals surface area contributed by atoms with Crippen molar-refractivity contribution in [2.75, 3.05) is 23.5 Å². The fraction of sp³-hybridized carbons (Fsp3) is 0.789. The van der Waals surface area contributed by atoms with E-state index in [0.717, 1.165) is 37.7 Å². The number of carbonyl (C=O) groups is 5. The van der Waals surface area contributed by atoms with Crippen LogP contribution >= 0.6 is 0 Å². The molecule has 0 aromatic carbocycles. The number of aliphatic hydroxyl groups is 7. The van der Waals surface area contributed by atoms with Gasteiger partial charge >= 0.3 is 23.9 Å². The number of hydrogen-bond donors (Lipinski definition) is 13. The molecule has 2 aromatic rings. The standard InChI is InChI=1S/C42H62O16.C15H22N6O5S/c1-37(2)21-8-11-42(7)31(20(43)16-18-19-17-39(4,36(53)54)13-12-38(19,3)14-15-41(18,42)6)40(21,5)10-9-22(37)55-35-30(26(47)25(46)29(57-35)33(51)52)58-34-27(48)23(44)24(45)28(56-34)32(49)50;1-27(3-2-7(16)15(24)25)4-8-10(22)11(23)14(26-8)21-6-20-9-12(17)18-5-19-13(9)21/h16,19,21-31,34-35,44-48H,8-15,17H2,1-7H3,(H,49,50)(H,51,52)(H,53,54);5-8,10-11,14,22-23H,2-4,16H2,1H3,(H2-,17,18,19,24,25)/p+1/t19-,21-,22-,23-,24-,25-,26-,27+,28-,29-,30+,31+,34-,35-,38+,39-,40-,41+,42+;7-,8+,10+,11+,14+,27?/m00/s1. The van der Waals surface area contributed by atoms with Crippen LogP contribution in [-0.2, 0) is 58.6 Å². The van der Waals surface area contributed by atoms with Crippen LogP contribution in [0.5, 0.6) is 0 Å². The normalized spacial score (nSPS) is 44.7. The third-order valence-corrected chi connectivity index (χ3v) is 23.6. The van der Waals surface area contributed by atoms with Crippen molar-refractivity contribution in [3.8, 4) is 0 Å². The van der Waals surface area contributed by atoms with Crippen LogP contribution in [-0.4, -0.2) is 215 Å². The van der Waals surface area contributed by atoms with Crippen LogP contribution in [0, 0.1) is 50.2 Å². The topological polar surface area (TPSA) is 450 Å². The molecule has 3 aliphatic heterocycles. The van der Waals surface area contributed by atoms with E-state index in [2.05, 4.69) is 42.6 Å². The highest BCUT2D eigenvalue weighted by Crippen LogP contribution is 2.75. The van der Waals surface area contributed by atoms with Gasteiger partial charge in [-0.15, -0.1) is 0 Å². The van der Waals surface area contributed by atoms with Gasteiger partial charge in [-0.25, -0.2) is 24.5 Å². The summed E-state index contributed by atoms with van der Waals surface area (Å²) in [6.45, 7) is 14.8. The second kappa shape index (κ2) is 23.4. The van der Waals surface area contributed by atoms with Crippen molar-refractivity contribution in [3.63, 3.8) is 0 Å². The van der Waals surface area contributed by atoms with Gasteiger partial charge in [0.1, 0.15) is 84.3 Å². The smallest absolute Gasteiger partial charge is 0.335 e. The molecule has 85 heavy (non-hydrogen) atoms. The van der Waals surface area contributed by atoms with E-state index in [9.17, 15) is 75.0 Å². The molecular weight excluding hydrogens is 1140 g/mol. The Kier molecular flexibility index (Phi) is 17.9. The molecule has 10 rings (SSSR count). The number of allylic oxidation sites excluding steroid dienone is 2. The van der Waals surface area contributed by atoms with Gasteiger partial charge in [0, 0.05) is 12.3 Å². The van der Waals surface area contributed by atoms with E-state index in [1.807, 2.05) is 33.1 Å². The van der Waals surface area contributed by atoms with Gasteiger partial charge in [-0.2, -0.15) is 0 Å². The first kappa shape index (κ1) is 64.9. The highest BCUT2D eigenvalue weighted by molar-refractivity contribution is 7.96. The van der Waals surface area contributed by atoms with Gasteiger partial charge in [0.2, 0.25) is 0 Å². The van der Waals surface area contributed by atoms with Crippen LogP contribution in [0.3, 0.4) is 0 Å². The first-order valence-electron chi connectivity index (χ1n) is 29.1. The lowest BCUT2D eigenvalue weighted by atomic mass is 9.33. The molecule has 8 aliphatic rings. The predicted molar refractivity (Wildman–Crippen MR) is 298 cm³/mol. The van der Waals surface area contributed by atoms with E-state index < -0.39 is 144 Å². The Morgan fingerprint density at radius 1 is 0.753 bits per heavy atom. The van der Waals surface area contributed by atoms with Gasteiger partial charge in [0.05, 0.1) is 24.1 Å². The van der Waals surface area contributed by atoms with E-state index in [0.29, 0.717) is 54.8 Å². The summed E-state index contributed by atoms with van der Waals surface area (Å²) in [6, 6.07) is -0.907. The fourth-order valence-electron chi connectivity index (χ4n) is 16.3. The number of aliphatic hydroxyl groups excluding tert-OH is 7. The van der Waals surface area contributed by atoms with Gasteiger partial charge in [-0.05, 0) is 121 Å². The monoisotopic (exact) mass is 1220 g/mol. The van der Waals surface area contributed by atoms with Crippen LogP contribution in [0.4, 0.5) is 5.82 Å².